The summed E-state index contributed by atoms with van der Waals surface area (Å²) in [5.74, 6) is -0.670. The first-order valence-electron chi connectivity index (χ1n) is 5.25. The van der Waals surface area contributed by atoms with E-state index in [9.17, 15) is 13.2 Å². The zero-order valence-electron chi connectivity index (χ0n) is 9.92. The number of rotatable bonds is 7. The van der Waals surface area contributed by atoms with E-state index in [-0.39, 0.29) is 18.7 Å². The van der Waals surface area contributed by atoms with Crippen molar-refractivity contribution in [3.05, 3.63) is 29.8 Å². The Morgan fingerprint density at radius 2 is 2.17 bits per heavy atom. The van der Waals surface area contributed by atoms with Crippen LogP contribution in [0.1, 0.15) is 12.0 Å². The highest BCUT2D eigenvalue weighted by molar-refractivity contribution is 7.88. The average molecular weight is 273 g/mol. The molecule has 0 unspecified atom stereocenters. The summed E-state index contributed by atoms with van der Waals surface area (Å²) < 4.78 is 30.5. The second-order valence-electron chi connectivity index (χ2n) is 3.65. The Labute approximate surface area is 106 Å². The summed E-state index contributed by atoms with van der Waals surface area (Å²) in [4.78, 5) is 10.3. The lowest BCUT2D eigenvalue weighted by atomic mass is 10.2. The highest BCUT2D eigenvalue weighted by Gasteiger charge is 2.12. The summed E-state index contributed by atoms with van der Waals surface area (Å²) in [5, 5.41) is 8.42. The maximum absolute atomic E-state index is 11.6. The molecule has 6 nitrogen and oxygen atoms in total. The van der Waals surface area contributed by atoms with Crippen LogP contribution in [0.3, 0.4) is 0 Å². The number of hydrogen-bond donors (Lipinski definition) is 2. The second kappa shape index (κ2) is 6.36. The van der Waals surface area contributed by atoms with Crippen LogP contribution in [0.2, 0.25) is 0 Å². The molecular weight excluding hydrogens is 258 g/mol. The molecule has 0 amide bonds. The molecule has 0 bridgehead atoms. The fraction of sp³-hybridized carbons (Fsp3) is 0.364. The molecule has 0 aromatic heterocycles. The second-order valence-corrected chi connectivity index (χ2v) is 5.46. The summed E-state index contributed by atoms with van der Waals surface area (Å²) >= 11 is 0. The zero-order valence-corrected chi connectivity index (χ0v) is 10.7. The monoisotopic (exact) mass is 273 g/mol. The van der Waals surface area contributed by atoms with Crippen LogP contribution in [0.5, 0.6) is 5.75 Å². The van der Waals surface area contributed by atoms with E-state index in [0.717, 1.165) is 0 Å². The van der Waals surface area contributed by atoms with Crippen LogP contribution in [0, 0.1) is 0 Å². The number of carbonyl (C=O) groups is 1. The number of ether oxygens (including phenoxy) is 1. The molecule has 2 N–H and O–H groups in total. The standard InChI is InChI=1S/C11H15NO5S/c1-17-10-4-2-3-9(7-10)8-18(15,16)12-6-5-11(13)14/h2-4,7,12H,5-6,8H2,1H3,(H,13,14). The maximum Gasteiger partial charge on any atom is 0.304 e. The predicted molar refractivity (Wildman–Crippen MR) is 65.9 cm³/mol. The van der Waals surface area contributed by atoms with Crippen molar-refractivity contribution in [2.24, 2.45) is 0 Å². The van der Waals surface area contributed by atoms with E-state index in [2.05, 4.69) is 4.72 Å². The van der Waals surface area contributed by atoms with Crippen LogP contribution in [0.15, 0.2) is 24.3 Å². The van der Waals surface area contributed by atoms with Gasteiger partial charge in [-0.3, -0.25) is 4.79 Å². The molecule has 0 aliphatic carbocycles. The van der Waals surface area contributed by atoms with Gasteiger partial charge in [-0.25, -0.2) is 13.1 Å². The van der Waals surface area contributed by atoms with Crippen LogP contribution in [0.4, 0.5) is 0 Å². The van der Waals surface area contributed by atoms with Gasteiger partial charge < -0.3 is 9.84 Å². The van der Waals surface area contributed by atoms with E-state index >= 15 is 0 Å². The first-order valence-corrected chi connectivity index (χ1v) is 6.90. The van der Waals surface area contributed by atoms with Crippen molar-refractivity contribution in [3.8, 4) is 5.75 Å². The molecule has 0 aliphatic heterocycles. The van der Waals surface area contributed by atoms with Crippen LogP contribution in [-0.4, -0.2) is 33.1 Å². The van der Waals surface area contributed by atoms with Gasteiger partial charge in [0.05, 0.1) is 19.3 Å². The maximum atomic E-state index is 11.6. The lowest BCUT2D eigenvalue weighted by molar-refractivity contribution is -0.136. The number of benzene rings is 1. The van der Waals surface area contributed by atoms with Crippen molar-refractivity contribution < 1.29 is 23.1 Å². The van der Waals surface area contributed by atoms with Crippen molar-refractivity contribution in [2.45, 2.75) is 12.2 Å². The average Bonchev–Trinajstić information content (AvgIpc) is 2.27. The van der Waals surface area contributed by atoms with Crippen LogP contribution < -0.4 is 9.46 Å². The van der Waals surface area contributed by atoms with Gasteiger partial charge in [0.15, 0.2) is 0 Å². The fourth-order valence-corrected chi connectivity index (χ4v) is 2.48. The number of carboxylic acid groups (broad SMARTS) is 1. The molecule has 100 valence electrons. The van der Waals surface area contributed by atoms with Gasteiger partial charge in [-0.2, -0.15) is 0 Å². The molecular formula is C11H15NO5S. The first-order chi connectivity index (χ1) is 8.43. The minimum Gasteiger partial charge on any atom is -0.497 e. The highest BCUT2D eigenvalue weighted by atomic mass is 32.2. The molecule has 7 heteroatoms. The Morgan fingerprint density at radius 3 is 2.78 bits per heavy atom. The van der Waals surface area contributed by atoms with Gasteiger partial charge in [0.25, 0.3) is 0 Å². The number of aliphatic carboxylic acids is 1. The number of hydrogen-bond acceptors (Lipinski definition) is 4. The van der Waals surface area contributed by atoms with E-state index < -0.39 is 16.0 Å². The van der Waals surface area contributed by atoms with Crippen LogP contribution in [-0.2, 0) is 20.6 Å². The topological polar surface area (TPSA) is 92.7 Å². The van der Waals surface area contributed by atoms with Gasteiger partial charge in [-0.05, 0) is 17.7 Å². The van der Waals surface area contributed by atoms with Crippen LogP contribution >= 0.6 is 0 Å². The Hall–Kier alpha value is -1.60. The summed E-state index contributed by atoms with van der Waals surface area (Å²) in [6.45, 7) is -0.109. The lowest BCUT2D eigenvalue weighted by Crippen LogP contribution is -2.27. The normalized spacial score (nSPS) is 11.2. The SMILES string of the molecule is COc1cccc(CS(=O)(=O)NCCC(=O)O)c1. The van der Waals surface area contributed by atoms with Crippen molar-refractivity contribution in [3.63, 3.8) is 0 Å². The Kier molecular flexibility index (Phi) is 5.11. The van der Waals surface area contributed by atoms with Crippen molar-refractivity contribution in [1.82, 2.24) is 4.72 Å². The van der Waals surface area contributed by atoms with E-state index in [1.807, 2.05) is 0 Å². The number of carboxylic acids is 1. The van der Waals surface area contributed by atoms with Gasteiger partial charge in [0.2, 0.25) is 10.0 Å². The highest BCUT2D eigenvalue weighted by Crippen LogP contribution is 2.14. The third-order valence-corrected chi connectivity index (χ3v) is 3.51. The van der Waals surface area contributed by atoms with Crippen molar-refractivity contribution in [2.75, 3.05) is 13.7 Å². The third kappa shape index (κ3) is 5.15. The molecule has 0 fully saturated rings. The van der Waals surface area contributed by atoms with Gasteiger partial charge >= 0.3 is 5.97 Å². The van der Waals surface area contributed by atoms with Crippen molar-refractivity contribution in [1.29, 1.82) is 0 Å². The molecule has 1 rings (SSSR count). The first kappa shape index (κ1) is 14.5. The van der Waals surface area contributed by atoms with E-state index in [1.165, 1.54) is 7.11 Å². The van der Waals surface area contributed by atoms with Gasteiger partial charge in [-0.15, -0.1) is 0 Å². The van der Waals surface area contributed by atoms with Crippen LogP contribution in [0.25, 0.3) is 0 Å². The molecule has 0 saturated heterocycles. The van der Waals surface area contributed by atoms with E-state index in [1.54, 1.807) is 24.3 Å². The third-order valence-electron chi connectivity index (χ3n) is 2.15. The van der Waals surface area contributed by atoms with Gasteiger partial charge in [0, 0.05) is 6.54 Å². The lowest BCUT2D eigenvalue weighted by Gasteiger charge is -2.07. The van der Waals surface area contributed by atoms with E-state index in [0.29, 0.717) is 11.3 Å². The van der Waals surface area contributed by atoms with Gasteiger partial charge in [0.1, 0.15) is 5.75 Å². The summed E-state index contributed by atoms with van der Waals surface area (Å²) in [7, 11) is -2.03. The fourth-order valence-electron chi connectivity index (χ4n) is 1.35. The summed E-state index contributed by atoms with van der Waals surface area (Å²) in [5.41, 5.74) is 0.581. The zero-order chi connectivity index (χ0) is 13.6. The molecule has 0 spiro atoms. The summed E-state index contributed by atoms with van der Waals surface area (Å²) in [6.07, 6.45) is -0.239. The molecule has 1 aromatic carbocycles. The minimum absolute atomic E-state index is 0.109. The van der Waals surface area contributed by atoms with Gasteiger partial charge in [-0.1, -0.05) is 12.1 Å². The smallest absolute Gasteiger partial charge is 0.304 e. The molecule has 0 saturated carbocycles. The van der Waals surface area contributed by atoms with E-state index in [4.69, 9.17) is 9.84 Å². The molecule has 18 heavy (non-hydrogen) atoms. The minimum atomic E-state index is -3.52. The predicted octanol–water partition coefficient (Wildman–Crippen LogP) is 0.589. The summed E-state index contributed by atoms with van der Waals surface area (Å²) in [6, 6.07) is 6.70. The molecule has 1 aromatic rings. The van der Waals surface area contributed by atoms with Crippen molar-refractivity contribution >= 4 is 16.0 Å². The number of methoxy groups -OCH3 is 1. The molecule has 0 atom stereocenters. The molecule has 0 heterocycles. The Bertz CT molecular complexity index is 512. The molecule has 0 radical (unpaired) electrons. The largest absolute Gasteiger partial charge is 0.497 e. The number of sulfonamides is 1. The Balaban J connectivity index is 2.61. The quantitative estimate of drug-likeness (QED) is 0.758. The number of nitrogens with one attached hydrogen (secondary N) is 1. The Morgan fingerprint density at radius 1 is 1.44 bits per heavy atom. The molecule has 0 aliphatic rings.